The fourth-order valence-corrected chi connectivity index (χ4v) is 4.55. The number of aromatic nitrogens is 2. The number of aromatic amines is 1. The van der Waals surface area contributed by atoms with E-state index in [0.717, 1.165) is 86.0 Å². The minimum atomic E-state index is -0.358. The fraction of sp³-hybridized carbons (Fsp3) is 0.379. The lowest BCUT2D eigenvalue weighted by Crippen LogP contribution is -2.35. The number of H-pyrrole nitrogens is 1. The van der Waals surface area contributed by atoms with Crippen molar-refractivity contribution in [3.8, 4) is 11.3 Å². The van der Waals surface area contributed by atoms with Crippen LogP contribution in [0.5, 0.6) is 0 Å². The first-order valence-corrected chi connectivity index (χ1v) is 13.0. The van der Waals surface area contributed by atoms with Crippen molar-refractivity contribution in [1.82, 2.24) is 20.3 Å². The van der Waals surface area contributed by atoms with Crippen molar-refractivity contribution < 1.29 is 19.1 Å². The molecule has 8 heteroatoms. The SMILES string of the molecule is O=C(C=Cc1ccc(Cc2nc(-c3ccccc3)c(CN3CCOCC3)[nH]2)cc1)NOC1CCCCO1. The van der Waals surface area contributed by atoms with Gasteiger partial charge in [0.1, 0.15) is 5.82 Å². The number of hydrogen-bond acceptors (Lipinski definition) is 6. The molecular formula is C29H34N4O4. The van der Waals surface area contributed by atoms with Gasteiger partial charge >= 0.3 is 0 Å². The molecule has 5 rings (SSSR count). The lowest BCUT2D eigenvalue weighted by Gasteiger charge is -2.26. The van der Waals surface area contributed by atoms with Gasteiger partial charge in [-0.25, -0.2) is 15.3 Å². The molecule has 0 bridgehead atoms. The van der Waals surface area contributed by atoms with Crippen LogP contribution in [0.25, 0.3) is 17.3 Å². The molecule has 2 fully saturated rings. The molecule has 0 saturated carbocycles. The van der Waals surface area contributed by atoms with Crippen molar-refractivity contribution >= 4 is 12.0 Å². The Morgan fingerprint density at radius 3 is 2.65 bits per heavy atom. The van der Waals surface area contributed by atoms with Gasteiger partial charge in [-0.1, -0.05) is 54.6 Å². The molecule has 0 spiro atoms. The molecule has 2 aromatic carbocycles. The summed E-state index contributed by atoms with van der Waals surface area (Å²) < 4.78 is 11.0. The first-order valence-electron chi connectivity index (χ1n) is 13.0. The highest BCUT2D eigenvalue weighted by atomic mass is 16.8. The zero-order chi connectivity index (χ0) is 25.3. The number of imidazole rings is 1. The van der Waals surface area contributed by atoms with Crippen LogP contribution in [0.2, 0.25) is 0 Å². The van der Waals surface area contributed by atoms with Gasteiger partial charge in [-0.15, -0.1) is 0 Å². The van der Waals surface area contributed by atoms with Crippen molar-refractivity contribution in [2.24, 2.45) is 0 Å². The monoisotopic (exact) mass is 502 g/mol. The van der Waals surface area contributed by atoms with Gasteiger partial charge in [0.05, 0.1) is 24.6 Å². The van der Waals surface area contributed by atoms with Gasteiger partial charge in [-0.05, 0) is 30.0 Å². The molecule has 1 amide bonds. The second-order valence-electron chi connectivity index (χ2n) is 9.40. The number of carbonyl (C=O) groups is 1. The third kappa shape index (κ3) is 7.36. The maximum atomic E-state index is 12.1. The highest BCUT2D eigenvalue weighted by Crippen LogP contribution is 2.24. The Hall–Kier alpha value is -3.30. The standard InChI is InChI=1S/C29H34N4O4/c34-27(32-37-28-8-4-5-17-36-28)14-13-22-9-11-23(12-10-22)20-26-30-25(21-33-15-18-35-19-16-33)29(31-26)24-6-2-1-3-7-24/h1-3,6-7,9-14,28H,4-5,8,15-21H2,(H,30,31)(H,32,34). The van der Waals surface area contributed by atoms with Gasteiger partial charge in [-0.3, -0.25) is 9.69 Å². The Kier molecular flexibility index (Phi) is 8.76. The average Bonchev–Trinajstić information content (AvgIpc) is 3.35. The normalized spacial score (nSPS) is 18.8. The smallest absolute Gasteiger partial charge is 0.267 e. The molecule has 3 aromatic rings. The topological polar surface area (TPSA) is 88.7 Å². The van der Waals surface area contributed by atoms with Crippen LogP contribution in [-0.4, -0.2) is 60.0 Å². The number of rotatable bonds is 9. The number of nitrogens with one attached hydrogen (secondary N) is 2. The highest BCUT2D eigenvalue weighted by Gasteiger charge is 2.18. The maximum Gasteiger partial charge on any atom is 0.267 e. The summed E-state index contributed by atoms with van der Waals surface area (Å²) >= 11 is 0. The van der Waals surface area contributed by atoms with Gasteiger partial charge in [0.15, 0.2) is 6.29 Å². The second kappa shape index (κ2) is 12.8. The molecular weight excluding hydrogens is 468 g/mol. The summed E-state index contributed by atoms with van der Waals surface area (Å²) in [5, 5.41) is 0. The van der Waals surface area contributed by atoms with Gasteiger partial charge in [0, 0.05) is 50.7 Å². The summed E-state index contributed by atoms with van der Waals surface area (Å²) in [5.41, 5.74) is 7.78. The number of amides is 1. The minimum Gasteiger partial charge on any atom is -0.379 e. The van der Waals surface area contributed by atoms with Crippen LogP contribution in [-0.2, 0) is 32.1 Å². The van der Waals surface area contributed by atoms with Gasteiger partial charge in [0.25, 0.3) is 5.91 Å². The van der Waals surface area contributed by atoms with Crippen LogP contribution in [0.4, 0.5) is 0 Å². The Labute approximate surface area is 217 Å². The summed E-state index contributed by atoms with van der Waals surface area (Å²) in [7, 11) is 0. The van der Waals surface area contributed by atoms with E-state index in [1.54, 1.807) is 6.08 Å². The number of hydrogen-bond donors (Lipinski definition) is 2. The molecule has 0 aliphatic carbocycles. The third-order valence-corrected chi connectivity index (χ3v) is 6.57. The molecule has 1 atom stereocenters. The van der Waals surface area contributed by atoms with E-state index in [1.165, 1.54) is 6.08 Å². The van der Waals surface area contributed by atoms with E-state index in [-0.39, 0.29) is 12.2 Å². The summed E-state index contributed by atoms with van der Waals surface area (Å²) in [6.07, 6.45) is 6.45. The van der Waals surface area contributed by atoms with Gasteiger partial charge in [-0.2, -0.15) is 0 Å². The lowest BCUT2D eigenvalue weighted by molar-refractivity contribution is -0.198. The van der Waals surface area contributed by atoms with E-state index in [1.807, 2.05) is 30.3 Å². The number of morpholine rings is 1. The number of carbonyl (C=O) groups excluding carboxylic acids is 1. The first-order chi connectivity index (χ1) is 18.2. The zero-order valence-electron chi connectivity index (χ0n) is 21.0. The Morgan fingerprint density at radius 2 is 1.89 bits per heavy atom. The number of hydroxylamine groups is 1. The fourth-order valence-electron chi connectivity index (χ4n) is 4.55. The number of nitrogens with zero attached hydrogens (tertiary/aromatic N) is 2. The van der Waals surface area contributed by atoms with E-state index in [4.69, 9.17) is 19.3 Å². The van der Waals surface area contributed by atoms with Crippen LogP contribution in [0.15, 0.2) is 60.7 Å². The molecule has 2 aliphatic heterocycles. The lowest BCUT2D eigenvalue weighted by atomic mass is 10.1. The summed E-state index contributed by atoms with van der Waals surface area (Å²) in [5.74, 6) is 0.627. The predicted molar refractivity (Wildman–Crippen MR) is 141 cm³/mol. The molecule has 1 aromatic heterocycles. The molecule has 2 saturated heterocycles. The van der Waals surface area contributed by atoms with Crippen LogP contribution < -0.4 is 5.48 Å². The van der Waals surface area contributed by atoms with Crippen LogP contribution >= 0.6 is 0 Å². The van der Waals surface area contributed by atoms with Gasteiger partial charge in [0.2, 0.25) is 0 Å². The Morgan fingerprint density at radius 1 is 1.08 bits per heavy atom. The third-order valence-electron chi connectivity index (χ3n) is 6.57. The van der Waals surface area contributed by atoms with Crippen molar-refractivity contribution in [2.45, 2.75) is 38.5 Å². The highest BCUT2D eigenvalue weighted by molar-refractivity contribution is 5.90. The van der Waals surface area contributed by atoms with Crippen LogP contribution in [0.3, 0.4) is 0 Å². The summed E-state index contributed by atoms with van der Waals surface area (Å²) in [6, 6.07) is 18.5. The van der Waals surface area contributed by atoms with E-state index in [0.29, 0.717) is 13.0 Å². The van der Waals surface area contributed by atoms with Crippen molar-refractivity contribution in [3.63, 3.8) is 0 Å². The maximum absolute atomic E-state index is 12.1. The van der Waals surface area contributed by atoms with E-state index in [9.17, 15) is 4.79 Å². The van der Waals surface area contributed by atoms with E-state index >= 15 is 0 Å². The molecule has 3 heterocycles. The van der Waals surface area contributed by atoms with Crippen molar-refractivity contribution in [1.29, 1.82) is 0 Å². The molecule has 8 nitrogen and oxygen atoms in total. The average molecular weight is 503 g/mol. The Balaban J connectivity index is 1.21. The van der Waals surface area contributed by atoms with Crippen LogP contribution in [0.1, 0.15) is 41.9 Å². The molecule has 2 N–H and O–H groups in total. The quantitative estimate of drug-likeness (QED) is 0.339. The minimum absolute atomic E-state index is 0.310. The largest absolute Gasteiger partial charge is 0.379 e. The second-order valence-corrected chi connectivity index (χ2v) is 9.40. The zero-order valence-corrected chi connectivity index (χ0v) is 21.0. The van der Waals surface area contributed by atoms with Crippen molar-refractivity contribution in [3.05, 3.63) is 83.3 Å². The number of ether oxygens (including phenoxy) is 2. The summed E-state index contributed by atoms with van der Waals surface area (Å²) in [4.78, 5) is 28.3. The van der Waals surface area contributed by atoms with E-state index < -0.39 is 0 Å². The van der Waals surface area contributed by atoms with Crippen molar-refractivity contribution in [2.75, 3.05) is 32.9 Å². The molecule has 1 unspecified atom stereocenters. The molecule has 194 valence electrons. The van der Waals surface area contributed by atoms with Gasteiger partial charge < -0.3 is 14.5 Å². The first kappa shape index (κ1) is 25.4. The molecule has 2 aliphatic rings. The van der Waals surface area contributed by atoms with Crippen LogP contribution in [0, 0.1) is 0 Å². The van der Waals surface area contributed by atoms with E-state index in [2.05, 4.69) is 39.6 Å². The Bertz CT molecular complexity index is 1160. The molecule has 37 heavy (non-hydrogen) atoms. The number of benzene rings is 2. The predicted octanol–water partition coefficient (Wildman–Crippen LogP) is 4.09. The summed E-state index contributed by atoms with van der Waals surface area (Å²) in [6.45, 7) is 4.89. The molecule has 0 radical (unpaired) electrons.